The topological polar surface area (TPSA) is 55.1 Å². The first-order valence-electron chi connectivity index (χ1n) is 4.88. The van der Waals surface area contributed by atoms with Crippen molar-refractivity contribution in [3.63, 3.8) is 0 Å². The van der Waals surface area contributed by atoms with Crippen LogP contribution in [0.2, 0.25) is 0 Å². The number of rotatable bonds is 7. The summed E-state index contributed by atoms with van der Waals surface area (Å²) in [7, 11) is 0. The van der Waals surface area contributed by atoms with E-state index in [1.807, 2.05) is 0 Å². The molecule has 0 bridgehead atoms. The lowest BCUT2D eigenvalue weighted by Crippen LogP contribution is -2.25. The van der Waals surface area contributed by atoms with Crippen LogP contribution in [-0.2, 0) is 0 Å². The second-order valence-electron chi connectivity index (χ2n) is 3.24. The number of hydrogen-bond donors (Lipinski definition) is 2. The van der Waals surface area contributed by atoms with E-state index in [0.29, 0.717) is 5.25 Å². The van der Waals surface area contributed by atoms with E-state index in [4.69, 9.17) is 5.73 Å². The van der Waals surface area contributed by atoms with Crippen LogP contribution >= 0.6 is 11.9 Å². The molecule has 13 heavy (non-hydrogen) atoms. The first-order valence-corrected chi connectivity index (χ1v) is 5.75. The van der Waals surface area contributed by atoms with Crippen molar-refractivity contribution in [2.75, 3.05) is 0 Å². The third-order valence-corrected chi connectivity index (χ3v) is 2.78. The number of nitrogens with one attached hydrogen (secondary N) is 1. The van der Waals surface area contributed by atoms with E-state index in [-0.39, 0.29) is 0 Å². The van der Waals surface area contributed by atoms with Gasteiger partial charge >= 0.3 is 6.03 Å². The van der Waals surface area contributed by atoms with E-state index >= 15 is 0 Å². The number of amides is 2. The molecule has 0 saturated heterocycles. The third-order valence-electron chi connectivity index (χ3n) is 1.82. The van der Waals surface area contributed by atoms with Crippen LogP contribution in [0.25, 0.3) is 0 Å². The van der Waals surface area contributed by atoms with Crippen LogP contribution in [0.5, 0.6) is 0 Å². The fourth-order valence-corrected chi connectivity index (χ4v) is 1.68. The molecule has 0 spiro atoms. The summed E-state index contributed by atoms with van der Waals surface area (Å²) in [6.45, 7) is 4.30. The largest absolute Gasteiger partial charge is 0.351 e. The molecule has 1 unspecified atom stereocenters. The van der Waals surface area contributed by atoms with Gasteiger partial charge in [-0.1, -0.05) is 39.5 Å². The quantitative estimate of drug-likeness (QED) is 0.495. The molecule has 0 rings (SSSR count). The minimum atomic E-state index is -0.453. The Kier molecular flexibility index (Phi) is 7.99. The minimum Gasteiger partial charge on any atom is -0.351 e. The average molecular weight is 204 g/mol. The second kappa shape index (κ2) is 8.23. The number of primary amides is 1. The molecule has 78 valence electrons. The number of unbranched alkanes of at least 4 members (excludes halogenated alkanes) is 3. The number of carbonyl (C=O) groups excluding carboxylic acids is 1. The third kappa shape index (κ3) is 9.53. The summed E-state index contributed by atoms with van der Waals surface area (Å²) in [5, 5.41) is 0.462. The highest BCUT2D eigenvalue weighted by Crippen LogP contribution is 2.14. The van der Waals surface area contributed by atoms with E-state index in [9.17, 15) is 4.79 Å². The Balaban J connectivity index is 3.19. The maximum Gasteiger partial charge on any atom is 0.322 e. The lowest BCUT2D eigenvalue weighted by Gasteiger charge is -2.09. The molecular weight excluding hydrogens is 184 g/mol. The van der Waals surface area contributed by atoms with Crippen LogP contribution in [-0.4, -0.2) is 11.3 Å². The molecule has 0 aliphatic carbocycles. The molecule has 3 N–H and O–H groups in total. The Morgan fingerprint density at radius 3 is 2.69 bits per heavy atom. The molecular formula is C9H20N2OS. The first kappa shape index (κ1) is 12.6. The Bertz CT molecular complexity index is 142. The van der Waals surface area contributed by atoms with E-state index in [2.05, 4.69) is 18.6 Å². The highest BCUT2D eigenvalue weighted by molar-refractivity contribution is 7.98. The second-order valence-corrected chi connectivity index (χ2v) is 4.49. The van der Waals surface area contributed by atoms with Gasteiger partial charge in [0.05, 0.1) is 0 Å². The van der Waals surface area contributed by atoms with Gasteiger partial charge in [-0.15, -0.1) is 0 Å². The van der Waals surface area contributed by atoms with Gasteiger partial charge in [-0.05, 0) is 18.4 Å². The average Bonchev–Trinajstić information content (AvgIpc) is 2.09. The predicted octanol–water partition coefficient (Wildman–Crippen LogP) is 2.66. The maximum atomic E-state index is 10.4. The van der Waals surface area contributed by atoms with E-state index in [1.165, 1.54) is 37.6 Å². The molecule has 1 atom stereocenters. The van der Waals surface area contributed by atoms with E-state index < -0.39 is 6.03 Å². The van der Waals surface area contributed by atoms with Crippen LogP contribution in [0.4, 0.5) is 4.79 Å². The molecule has 0 fully saturated rings. The highest BCUT2D eigenvalue weighted by atomic mass is 32.2. The number of carbonyl (C=O) groups is 1. The van der Waals surface area contributed by atoms with Crippen molar-refractivity contribution >= 4 is 18.0 Å². The van der Waals surface area contributed by atoms with Crippen LogP contribution in [0.3, 0.4) is 0 Å². The number of hydrogen-bond acceptors (Lipinski definition) is 2. The van der Waals surface area contributed by atoms with Gasteiger partial charge in [-0.2, -0.15) is 0 Å². The van der Waals surface area contributed by atoms with Gasteiger partial charge in [-0.25, -0.2) is 4.79 Å². The van der Waals surface area contributed by atoms with Crippen molar-refractivity contribution in [1.29, 1.82) is 0 Å². The van der Waals surface area contributed by atoms with Gasteiger partial charge in [0.1, 0.15) is 0 Å². The fraction of sp³-hybridized carbons (Fsp3) is 0.889. The van der Waals surface area contributed by atoms with Gasteiger partial charge < -0.3 is 5.73 Å². The molecule has 0 aliphatic rings. The summed E-state index contributed by atoms with van der Waals surface area (Å²) >= 11 is 1.42. The summed E-state index contributed by atoms with van der Waals surface area (Å²) in [6, 6.07) is -0.453. The molecule has 0 aliphatic heterocycles. The maximum absolute atomic E-state index is 10.4. The summed E-state index contributed by atoms with van der Waals surface area (Å²) < 4.78 is 2.54. The Morgan fingerprint density at radius 1 is 1.46 bits per heavy atom. The van der Waals surface area contributed by atoms with Crippen LogP contribution < -0.4 is 10.5 Å². The van der Waals surface area contributed by atoms with Crippen molar-refractivity contribution in [3.8, 4) is 0 Å². The standard InChI is InChI=1S/C9H20N2OS/c1-3-4-5-6-7-8(2)13-11-9(10)12/h8H,3-7H2,1-2H3,(H3,10,11,12). The van der Waals surface area contributed by atoms with E-state index in [0.717, 1.165) is 6.42 Å². The number of nitrogens with two attached hydrogens (primary N) is 1. The monoisotopic (exact) mass is 204 g/mol. The molecule has 0 heterocycles. The molecule has 0 aromatic carbocycles. The smallest absolute Gasteiger partial charge is 0.322 e. The van der Waals surface area contributed by atoms with Gasteiger partial charge in [0, 0.05) is 5.25 Å². The van der Waals surface area contributed by atoms with Crippen LogP contribution in [0.15, 0.2) is 0 Å². The van der Waals surface area contributed by atoms with Crippen LogP contribution in [0, 0.1) is 0 Å². The molecule has 0 aromatic heterocycles. The zero-order valence-corrected chi connectivity index (χ0v) is 9.32. The molecule has 0 saturated carbocycles. The molecule has 4 heteroatoms. The lowest BCUT2D eigenvalue weighted by atomic mass is 10.1. The van der Waals surface area contributed by atoms with Gasteiger partial charge in [0.25, 0.3) is 0 Å². The van der Waals surface area contributed by atoms with Crippen LogP contribution in [0.1, 0.15) is 46.0 Å². The van der Waals surface area contributed by atoms with Crippen molar-refractivity contribution < 1.29 is 4.79 Å². The zero-order valence-electron chi connectivity index (χ0n) is 8.51. The van der Waals surface area contributed by atoms with Crippen molar-refractivity contribution in [1.82, 2.24) is 4.72 Å². The minimum absolute atomic E-state index is 0.453. The lowest BCUT2D eigenvalue weighted by molar-refractivity contribution is 0.254. The Hall–Kier alpha value is -0.380. The molecule has 0 aromatic rings. The summed E-state index contributed by atoms with van der Waals surface area (Å²) in [4.78, 5) is 10.4. The van der Waals surface area contributed by atoms with Gasteiger partial charge in [0.15, 0.2) is 0 Å². The summed E-state index contributed by atoms with van der Waals surface area (Å²) in [6.07, 6.45) is 6.24. The van der Waals surface area contributed by atoms with Gasteiger partial charge in [-0.3, -0.25) is 4.72 Å². The Labute approximate surface area is 85.0 Å². The fourth-order valence-electron chi connectivity index (χ4n) is 1.08. The SMILES string of the molecule is CCCCCCC(C)SNC(N)=O. The van der Waals surface area contributed by atoms with Crippen molar-refractivity contribution in [2.45, 2.75) is 51.2 Å². The molecule has 3 nitrogen and oxygen atoms in total. The highest BCUT2D eigenvalue weighted by Gasteiger charge is 2.03. The molecule has 2 amide bonds. The normalized spacial score (nSPS) is 12.5. The van der Waals surface area contributed by atoms with Crippen molar-refractivity contribution in [2.24, 2.45) is 5.73 Å². The molecule has 0 radical (unpaired) electrons. The first-order chi connectivity index (χ1) is 6.16. The van der Waals surface area contributed by atoms with Crippen molar-refractivity contribution in [3.05, 3.63) is 0 Å². The predicted molar refractivity (Wildman–Crippen MR) is 58.5 cm³/mol. The van der Waals surface area contributed by atoms with E-state index in [1.54, 1.807) is 0 Å². The van der Waals surface area contributed by atoms with Gasteiger partial charge in [0.2, 0.25) is 0 Å². The summed E-state index contributed by atoms with van der Waals surface area (Å²) in [5.41, 5.74) is 4.95. The number of urea groups is 1. The Morgan fingerprint density at radius 2 is 2.15 bits per heavy atom. The zero-order chi connectivity index (χ0) is 10.1. The summed E-state index contributed by atoms with van der Waals surface area (Å²) in [5.74, 6) is 0.